The molecule has 1 N–H and O–H groups in total. The minimum absolute atomic E-state index is 0.166. The molecule has 6 heteroatoms. The summed E-state index contributed by atoms with van der Waals surface area (Å²) >= 11 is 14.2. The van der Waals surface area contributed by atoms with Crippen LogP contribution in [-0.2, 0) is 0 Å². The molecule has 4 rings (SSSR count). The van der Waals surface area contributed by atoms with Gasteiger partial charge >= 0.3 is 0 Å². The zero-order valence-electron chi connectivity index (χ0n) is 15.8. The van der Waals surface area contributed by atoms with E-state index in [1.807, 2.05) is 30.3 Å². The van der Waals surface area contributed by atoms with Crippen molar-refractivity contribution in [3.05, 3.63) is 63.5 Å². The van der Waals surface area contributed by atoms with Gasteiger partial charge in [-0.2, -0.15) is 0 Å². The average Bonchev–Trinajstić information content (AvgIpc) is 3.14. The predicted octanol–water partition coefficient (Wildman–Crippen LogP) is 5.70. The first-order chi connectivity index (χ1) is 13.5. The molecule has 1 fully saturated rings. The van der Waals surface area contributed by atoms with Crippen LogP contribution in [0.3, 0.4) is 0 Å². The van der Waals surface area contributed by atoms with E-state index in [0.29, 0.717) is 10.0 Å². The van der Waals surface area contributed by atoms with Crippen LogP contribution in [0.2, 0.25) is 10.0 Å². The van der Waals surface area contributed by atoms with Crippen LogP contribution in [-0.4, -0.2) is 42.7 Å². The van der Waals surface area contributed by atoms with E-state index in [2.05, 4.69) is 34.2 Å². The Labute approximate surface area is 180 Å². The summed E-state index contributed by atoms with van der Waals surface area (Å²) < 4.78 is 1.23. The third-order valence-electron chi connectivity index (χ3n) is 5.56. The number of rotatable bonds is 5. The van der Waals surface area contributed by atoms with Gasteiger partial charge in [-0.25, -0.2) is 0 Å². The van der Waals surface area contributed by atoms with Crippen LogP contribution in [0, 0.1) is 5.92 Å². The highest BCUT2D eigenvalue weighted by atomic mass is 35.5. The smallest absolute Gasteiger partial charge is 0.0841 e. The van der Waals surface area contributed by atoms with Gasteiger partial charge in [-0.05, 0) is 40.4 Å². The largest absolute Gasteiger partial charge is 0.388 e. The number of hydrogen-bond donors (Lipinski definition) is 1. The molecule has 0 saturated carbocycles. The van der Waals surface area contributed by atoms with Gasteiger partial charge in [0.15, 0.2) is 0 Å². The Balaban J connectivity index is 1.37. The molecule has 148 valence electrons. The van der Waals surface area contributed by atoms with E-state index in [1.54, 1.807) is 11.3 Å². The van der Waals surface area contributed by atoms with Crippen molar-refractivity contribution >= 4 is 50.3 Å². The van der Waals surface area contributed by atoms with E-state index in [1.165, 1.54) is 10.1 Å². The van der Waals surface area contributed by atoms with Crippen molar-refractivity contribution in [2.24, 2.45) is 5.92 Å². The molecule has 2 atom stereocenters. The second kappa shape index (κ2) is 8.60. The minimum atomic E-state index is -0.448. The first kappa shape index (κ1) is 20.0. The number of fused-ring (bicyclic) bond motifs is 1. The number of piperazine rings is 1. The minimum Gasteiger partial charge on any atom is -0.388 e. The summed E-state index contributed by atoms with van der Waals surface area (Å²) in [5.41, 5.74) is 2.06. The lowest BCUT2D eigenvalue weighted by molar-refractivity contribution is 0.0876. The van der Waals surface area contributed by atoms with E-state index in [0.717, 1.165) is 44.0 Å². The van der Waals surface area contributed by atoms with Crippen molar-refractivity contribution in [2.45, 2.75) is 13.0 Å². The summed E-state index contributed by atoms with van der Waals surface area (Å²) in [5, 5.41) is 15.4. The highest BCUT2D eigenvalue weighted by molar-refractivity contribution is 7.17. The van der Waals surface area contributed by atoms with Crippen LogP contribution in [0.4, 0.5) is 5.69 Å². The molecule has 2 heterocycles. The molecule has 3 nitrogen and oxygen atoms in total. The molecule has 0 amide bonds. The molecule has 2 aromatic carbocycles. The Bertz CT molecular complexity index is 953. The van der Waals surface area contributed by atoms with Gasteiger partial charge in [-0.1, -0.05) is 54.4 Å². The van der Waals surface area contributed by atoms with Crippen molar-refractivity contribution in [3.8, 4) is 0 Å². The molecule has 2 unspecified atom stereocenters. The van der Waals surface area contributed by atoms with Gasteiger partial charge in [0, 0.05) is 37.4 Å². The molecule has 0 radical (unpaired) electrons. The fraction of sp³-hybridized carbons (Fsp3) is 0.364. The number of anilines is 1. The molecule has 28 heavy (non-hydrogen) atoms. The maximum atomic E-state index is 10.9. The van der Waals surface area contributed by atoms with Gasteiger partial charge in [-0.15, -0.1) is 11.3 Å². The van der Waals surface area contributed by atoms with Crippen molar-refractivity contribution in [1.29, 1.82) is 0 Å². The summed E-state index contributed by atoms with van der Waals surface area (Å²) in [6, 6.07) is 14.1. The molecule has 1 aromatic heterocycles. The molecule has 3 aromatic rings. The zero-order chi connectivity index (χ0) is 19.7. The Kier molecular flexibility index (Phi) is 6.14. The van der Waals surface area contributed by atoms with E-state index < -0.39 is 6.10 Å². The van der Waals surface area contributed by atoms with Crippen molar-refractivity contribution in [3.63, 3.8) is 0 Å². The van der Waals surface area contributed by atoms with Crippen LogP contribution in [0.15, 0.2) is 47.8 Å². The van der Waals surface area contributed by atoms with Gasteiger partial charge in [0.25, 0.3) is 0 Å². The lowest BCUT2D eigenvalue weighted by Gasteiger charge is -2.38. The number of nitrogens with zero attached hydrogens (tertiary/aromatic N) is 2. The number of thiophene rings is 1. The maximum absolute atomic E-state index is 10.9. The second-order valence-corrected chi connectivity index (χ2v) is 9.17. The average molecular weight is 435 g/mol. The van der Waals surface area contributed by atoms with Crippen molar-refractivity contribution in [2.75, 3.05) is 37.6 Å². The van der Waals surface area contributed by atoms with E-state index in [-0.39, 0.29) is 5.92 Å². The van der Waals surface area contributed by atoms with E-state index in [9.17, 15) is 5.11 Å². The number of hydrogen-bond acceptors (Lipinski definition) is 4. The first-order valence-corrected chi connectivity index (χ1v) is 11.2. The molecule has 0 spiro atoms. The molecular weight excluding hydrogens is 411 g/mol. The summed E-state index contributed by atoms with van der Waals surface area (Å²) in [7, 11) is 0. The van der Waals surface area contributed by atoms with Crippen LogP contribution in [0.5, 0.6) is 0 Å². The van der Waals surface area contributed by atoms with E-state index >= 15 is 0 Å². The summed E-state index contributed by atoms with van der Waals surface area (Å²) in [4.78, 5) is 4.72. The van der Waals surface area contributed by atoms with Crippen LogP contribution in [0.25, 0.3) is 10.1 Å². The standard InChI is InChI=1S/C22H24Cl2N2OS/c1-15(22(27)17-14-28-20-8-3-2-5-16(17)20)13-25-9-11-26(12-10-25)19-7-4-6-18(23)21(19)24/h2-8,14-15,22,27H,9-13H2,1H3. The van der Waals surface area contributed by atoms with Gasteiger partial charge in [0.05, 0.1) is 21.8 Å². The summed E-state index contributed by atoms with van der Waals surface area (Å²) in [6.45, 7) is 6.73. The normalized spacial score (nSPS) is 17.8. The summed E-state index contributed by atoms with van der Waals surface area (Å²) in [6.07, 6.45) is -0.448. The molecule has 0 aliphatic carbocycles. The third kappa shape index (κ3) is 4.03. The highest BCUT2D eigenvalue weighted by Gasteiger charge is 2.25. The monoisotopic (exact) mass is 434 g/mol. The van der Waals surface area contributed by atoms with Crippen LogP contribution in [0.1, 0.15) is 18.6 Å². The number of aliphatic hydroxyl groups is 1. The lowest BCUT2D eigenvalue weighted by Crippen LogP contribution is -2.48. The maximum Gasteiger partial charge on any atom is 0.0841 e. The Morgan fingerprint density at radius 1 is 1.04 bits per heavy atom. The van der Waals surface area contributed by atoms with Crippen molar-refractivity contribution < 1.29 is 5.11 Å². The first-order valence-electron chi connectivity index (χ1n) is 9.60. The van der Waals surface area contributed by atoms with Crippen molar-refractivity contribution in [1.82, 2.24) is 4.90 Å². The number of halogens is 2. The highest BCUT2D eigenvalue weighted by Crippen LogP contribution is 2.35. The molecular formula is C22H24Cl2N2OS. The molecule has 1 aliphatic rings. The molecule has 0 bridgehead atoms. The molecule has 1 aliphatic heterocycles. The van der Waals surface area contributed by atoms with Gasteiger partial charge in [-0.3, -0.25) is 4.90 Å². The fourth-order valence-electron chi connectivity index (χ4n) is 3.95. The fourth-order valence-corrected chi connectivity index (χ4v) is 5.35. The predicted molar refractivity (Wildman–Crippen MR) is 121 cm³/mol. The second-order valence-electron chi connectivity index (χ2n) is 7.47. The molecule has 1 saturated heterocycles. The number of aliphatic hydroxyl groups excluding tert-OH is 1. The zero-order valence-corrected chi connectivity index (χ0v) is 18.1. The number of benzene rings is 2. The third-order valence-corrected chi connectivity index (χ3v) is 7.35. The van der Waals surface area contributed by atoms with Crippen LogP contribution < -0.4 is 4.90 Å². The topological polar surface area (TPSA) is 26.7 Å². The van der Waals surface area contributed by atoms with Gasteiger partial charge in [0.1, 0.15) is 0 Å². The van der Waals surface area contributed by atoms with Gasteiger partial charge < -0.3 is 10.0 Å². The SMILES string of the molecule is CC(CN1CCN(c2cccc(Cl)c2Cl)CC1)C(O)c1csc2ccccc12. The Morgan fingerprint density at radius 3 is 2.57 bits per heavy atom. The Morgan fingerprint density at radius 2 is 1.79 bits per heavy atom. The summed E-state index contributed by atoms with van der Waals surface area (Å²) in [5.74, 6) is 0.166. The quantitative estimate of drug-likeness (QED) is 0.557. The van der Waals surface area contributed by atoms with E-state index in [4.69, 9.17) is 23.2 Å². The van der Waals surface area contributed by atoms with Crippen LogP contribution >= 0.6 is 34.5 Å². The lowest BCUT2D eigenvalue weighted by atomic mass is 9.96. The Hall–Kier alpha value is -1.30. The van der Waals surface area contributed by atoms with Gasteiger partial charge in [0.2, 0.25) is 0 Å².